The molecule has 0 atom stereocenters. The zero-order valence-corrected chi connectivity index (χ0v) is 31.0. The van der Waals surface area contributed by atoms with Crippen molar-refractivity contribution in [2.75, 3.05) is 0 Å². The van der Waals surface area contributed by atoms with Gasteiger partial charge in [-0.3, -0.25) is 0 Å². The number of para-hydroxylation sites is 5. The zero-order chi connectivity index (χ0) is 37.5. The van der Waals surface area contributed by atoms with Gasteiger partial charge in [-0.2, -0.15) is 0 Å². The number of nitrogens with zero attached hydrogens (tertiary/aromatic N) is 3. The van der Waals surface area contributed by atoms with E-state index in [1.54, 1.807) is 0 Å². The lowest BCUT2D eigenvalue weighted by molar-refractivity contribution is 1.13. The molecule has 0 aliphatic rings. The van der Waals surface area contributed by atoms with Crippen molar-refractivity contribution >= 4 is 65.4 Å². The average Bonchev–Trinajstić information content (AvgIpc) is 3.92. The SMILES string of the molecule is c1ccc(-c2cc(-n3c4ccccc4c4ccccc43)cc(-n3c4ccccc4c4cc(-c5ccc6c(c5)c5ccccc5n6-c5ccccc5)ccc43)c2)cc1. The van der Waals surface area contributed by atoms with Crippen molar-refractivity contribution in [2.24, 2.45) is 0 Å². The second-order valence-corrected chi connectivity index (χ2v) is 15.0. The summed E-state index contributed by atoms with van der Waals surface area (Å²) < 4.78 is 7.26. The molecule has 3 aromatic heterocycles. The van der Waals surface area contributed by atoms with E-state index in [1.165, 1.54) is 93.4 Å². The maximum atomic E-state index is 2.45. The predicted molar refractivity (Wildman–Crippen MR) is 240 cm³/mol. The summed E-state index contributed by atoms with van der Waals surface area (Å²) in [6.45, 7) is 0. The van der Waals surface area contributed by atoms with E-state index in [1.807, 2.05) is 0 Å². The highest BCUT2D eigenvalue weighted by molar-refractivity contribution is 6.13. The standard InChI is InChI=1S/C54H35N3/c1-3-15-36(16-4-1)39-31-41(56-49-23-11-7-19-43(49)44-20-8-12-24-50(44)56)35-42(32-39)57-52-26-14-10-22-46(52)48-34-38(28-30-54(48)57)37-27-29-53-47(33-37)45-21-9-13-25-51(45)55(53)40-17-5-2-6-18-40/h1-35H. The molecule has 0 aliphatic carbocycles. The third kappa shape index (κ3) is 4.86. The highest BCUT2D eigenvalue weighted by atomic mass is 15.0. The smallest absolute Gasteiger partial charge is 0.0541 e. The van der Waals surface area contributed by atoms with Crippen LogP contribution in [-0.2, 0) is 0 Å². The van der Waals surface area contributed by atoms with Gasteiger partial charge in [-0.1, -0.05) is 133 Å². The summed E-state index contributed by atoms with van der Waals surface area (Å²) in [5.74, 6) is 0. The lowest BCUT2D eigenvalue weighted by Gasteiger charge is -2.16. The van der Waals surface area contributed by atoms with Crippen LogP contribution in [0.15, 0.2) is 212 Å². The van der Waals surface area contributed by atoms with Crippen molar-refractivity contribution in [3.05, 3.63) is 212 Å². The second kappa shape index (κ2) is 12.5. The van der Waals surface area contributed by atoms with E-state index < -0.39 is 0 Å². The Hall–Kier alpha value is -7.62. The van der Waals surface area contributed by atoms with E-state index in [0.29, 0.717) is 0 Å². The summed E-state index contributed by atoms with van der Waals surface area (Å²) >= 11 is 0. The Morgan fingerprint density at radius 3 is 1.00 bits per heavy atom. The quantitative estimate of drug-likeness (QED) is 0.168. The third-order valence-corrected chi connectivity index (χ3v) is 11.8. The lowest BCUT2D eigenvalue weighted by Crippen LogP contribution is -2.00. The molecule has 0 fully saturated rings. The predicted octanol–water partition coefficient (Wildman–Crippen LogP) is 14.3. The van der Waals surface area contributed by atoms with Crippen LogP contribution in [-0.4, -0.2) is 13.7 Å². The molecule has 3 nitrogen and oxygen atoms in total. The van der Waals surface area contributed by atoms with Crippen molar-refractivity contribution in [2.45, 2.75) is 0 Å². The molecule has 266 valence electrons. The second-order valence-electron chi connectivity index (χ2n) is 15.0. The van der Waals surface area contributed by atoms with Crippen LogP contribution in [0, 0.1) is 0 Å². The molecule has 57 heavy (non-hydrogen) atoms. The first-order valence-corrected chi connectivity index (χ1v) is 19.6. The van der Waals surface area contributed by atoms with Gasteiger partial charge in [0, 0.05) is 49.4 Å². The van der Waals surface area contributed by atoms with Gasteiger partial charge in [0.2, 0.25) is 0 Å². The first-order chi connectivity index (χ1) is 28.3. The molecule has 0 aliphatic heterocycles. The largest absolute Gasteiger partial charge is 0.309 e. The van der Waals surface area contributed by atoms with Gasteiger partial charge in [0.15, 0.2) is 0 Å². The van der Waals surface area contributed by atoms with Gasteiger partial charge < -0.3 is 13.7 Å². The molecule has 0 amide bonds. The van der Waals surface area contributed by atoms with Crippen molar-refractivity contribution in [1.29, 1.82) is 0 Å². The van der Waals surface area contributed by atoms with Crippen molar-refractivity contribution < 1.29 is 0 Å². The van der Waals surface area contributed by atoms with E-state index in [0.717, 1.165) is 11.4 Å². The number of rotatable bonds is 5. The highest BCUT2D eigenvalue weighted by Crippen LogP contribution is 2.40. The summed E-state index contributed by atoms with van der Waals surface area (Å²) in [5.41, 5.74) is 15.4. The minimum Gasteiger partial charge on any atom is -0.309 e. The molecule has 0 saturated carbocycles. The number of aromatic nitrogens is 3. The van der Waals surface area contributed by atoms with Crippen LogP contribution in [0.2, 0.25) is 0 Å². The minimum absolute atomic E-state index is 1.13. The number of benzene rings is 9. The van der Waals surface area contributed by atoms with E-state index in [-0.39, 0.29) is 0 Å². The van der Waals surface area contributed by atoms with Gasteiger partial charge in [-0.25, -0.2) is 0 Å². The Morgan fingerprint density at radius 1 is 0.193 bits per heavy atom. The molecule has 3 heteroatoms. The molecule has 3 heterocycles. The molecule has 0 N–H and O–H groups in total. The average molecular weight is 726 g/mol. The van der Waals surface area contributed by atoms with Gasteiger partial charge >= 0.3 is 0 Å². The Kier molecular flexibility index (Phi) is 6.93. The highest BCUT2D eigenvalue weighted by Gasteiger charge is 2.19. The molecular formula is C54H35N3. The van der Waals surface area contributed by atoms with E-state index in [2.05, 4.69) is 226 Å². The molecule has 12 rings (SSSR count). The topological polar surface area (TPSA) is 14.8 Å². The Labute approximate surface area is 329 Å². The number of fused-ring (bicyclic) bond motifs is 9. The maximum Gasteiger partial charge on any atom is 0.0541 e. The molecule has 0 bridgehead atoms. The zero-order valence-electron chi connectivity index (χ0n) is 31.0. The summed E-state index contributed by atoms with van der Waals surface area (Å²) in [5, 5.41) is 7.50. The third-order valence-electron chi connectivity index (χ3n) is 11.8. The van der Waals surface area contributed by atoms with Crippen LogP contribution in [0.1, 0.15) is 0 Å². The van der Waals surface area contributed by atoms with Gasteiger partial charge in [0.05, 0.1) is 33.1 Å². The molecule has 0 unspecified atom stereocenters. The fourth-order valence-corrected chi connectivity index (χ4v) is 9.29. The minimum atomic E-state index is 1.13. The van der Waals surface area contributed by atoms with Crippen LogP contribution in [0.3, 0.4) is 0 Å². The van der Waals surface area contributed by atoms with Crippen molar-refractivity contribution in [3.63, 3.8) is 0 Å². The molecule has 0 radical (unpaired) electrons. The van der Waals surface area contributed by atoms with Gasteiger partial charge in [0.1, 0.15) is 0 Å². The van der Waals surface area contributed by atoms with Gasteiger partial charge in [-0.05, 0) is 101 Å². The molecular weight excluding hydrogens is 691 g/mol. The van der Waals surface area contributed by atoms with E-state index in [9.17, 15) is 0 Å². The molecule has 9 aromatic carbocycles. The molecule has 0 spiro atoms. The molecule has 12 aromatic rings. The van der Waals surface area contributed by atoms with Crippen LogP contribution in [0.25, 0.3) is 105 Å². The Morgan fingerprint density at radius 2 is 0.544 bits per heavy atom. The first kappa shape index (κ1) is 31.7. The summed E-state index contributed by atoms with van der Waals surface area (Å²) in [4.78, 5) is 0. The summed E-state index contributed by atoms with van der Waals surface area (Å²) in [7, 11) is 0. The lowest BCUT2D eigenvalue weighted by atomic mass is 10.0. The van der Waals surface area contributed by atoms with E-state index >= 15 is 0 Å². The van der Waals surface area contributed by atoms with Crippen LogP contribution in [0.5, 0.6) is 0 Å². The fourth-order valence-electron chi connectivity index (χ4n) is 9.29. The van der Waals surface area contributed by atoms with Crippen LogP contribution in [0.4, 0.5) is 0 Å². The normalized spacial score (nSPS) is 11.9. The van der Waals surface area contributed by atoms with Gasteiger partial charge in [0.25, 0.3) is 0 Å². The van der Waals surface area contributed by atoms with Gasteiger partial charge in [-0.15, -0.1) is 0 Å². The first-order valence-electron chi connectivity index (χ1n) is 19.6. The number of hydrogen-bond acceptors (Lipinski definition) is 0. The Balaban J connectivity index is 1.08. The van der Waals surface area contributed by atoms with E-state index in [4.69, 9.17) is 0 Å². The molecule has 0 saturated heterocycles. The summed E-state index contributed by atoms with van der Waals surface area (Å²) in [6.07, 6.45) is 0. The van der Waals surface area contributed by atoms with Crippen molar-refractivity contribution in [3.8, 4) is 39.3 Å². The number of hydrogen-bond donors (Lipinski definition) is 0. The van der Waals surface area contributed by atoms with Crippen LogP contribution < -0.4 is 0 Å². The monoisotopic (exact) mass is 725 g/mol. The maximum absolute atomic E-state index is 2.45. The van der Waals surface area contributed by atoms with Crippen LogP contribution >= 0.6 is 0 Å². The summed E-state index contributed by atoms with van der Waals surface area (Å²) in [6, 6.07) is 77.5. The van der Waals surface area contributed by atoms with Crippen molar-refractivity contribution in [1.82, 2.24) is 13.7 Å². The Bertz CT molecular complexity index is 3460. The fraction of sp³-hybridized carbons (Fsp3) is 0.